The molecule has 3 heterocycles. The highest BCUT2D eigenvalue weighted by Gasteiger charge is 2.25. The fraction of sp³-hybridized carbons (Fsp3) is 0.500. The van der Waals surface area contributed by atoms with E-state index in [4.69, 9.17) is 4.74 Å². The van der Waals surface area contributed by atoms with Crippen LogP contribution < -0.4 is 4.74 Å². The van der Waals surface area contributed by atoms with Crippen LogP contribution in [0.4, 0.5) is 4.39 Å². The van der Waals surface area contributed by atoms with E-state index in [2.05, 4.69) is 10.1 Å². The maximum Gasteiger partial charge on any atom is 0.250 e. The molecule has 0 amide bonds. The minimum Gasteiger partial charge on any atom is -0.469 e. The van der Waals surface area contributed by atoms with Crippen molar-refractivity contribution >= 4 is 9.84 Å². The molecule has 0 aromatic carbocycles. The lowest BCUT2D eigenvalue weighted by Crippen LogP contribution is -2.37. The molecule has 2 aromatic heterocycles. The predicted octanol–water partition coefficient (Wildman–Crippen LogP) is 1.12. The molecule has 0 aliphatic carbocycles. The Kier molecular flexibility index (Phi) is 5.33. The molecule has 7 nitrogen and oxygen atoms in total. The molecule has 1 unspecified atom stereocenters. The Morgan fingerprint density at radius 1 is 1.32 bits per heavy atom. The number of hydrogen-bond donors (Lipinski definition) is 0. The summed E-state index contributed by atoms with van der Waals surface area (Å²) in [5, 5.41) is 4.27. The van der Waals surface area contributed by atoms with Crippen LogP contribution in [0.15, 0.2) is 30.6 Å². The first-order valence-electron chi connectivity index (χ1n) is 8.17. The lowest BCUT2D eigenvalue weighted by molar-refractivity contribution is 0.119. The second kappa shape index (κ2) is 7.49. The summed E-state index contributed by atoms with van der Waals surface area (Å²) < 4.78 is 45.0. The summed E-state index contributed by atoms with van der Waals surface area (Å²) in [5.74, 6) is -0.364. The van der Waals surface area contributed by atoms with Crippen molar-refractivity contribution in [2.75, 3.05) is 24.6 Å². The number of halogens is 1. The Bertz CT molecular complexity index is 824. The van der Waals surface area contributed by atoms with Gasteiger partial charge in [0.25, 0.3) is 5.88 Å². The molecule has 136 valence electrons. The first-order chi connectivity index (χ1) is 12.0. The van der Waals surface area contributed by atoms with Crippen molar-refractivity contribution < 1.29 is 17.5 Å². The molecule has 1 atom stereocenters. The van der Waals surface area contributed by atoms with Gasteiger partial charge in [-0.3, -0.25) is 9.58 Å². The van der Waals surface area contributed by atoms with Crippen LogP contribution in [0.25, 0.3) is 0 Å². The third kappa shape index (κ3) is 4.55. The summed E-state index contributed by atoms with van der Waals surface area (Å²) in [5.41, 5.74) is 0.974. The fourth-order valence-electron chi connectivity index (χ4n) is 2.76. The average molecular weight is 368 g/mol. The van der Waals surface area contributed by atoms with E-state index in [1.807, 2.05) is 11.0 Å². The number of pyridine rings is 1. The summed E-state index contributed by atoms with van der Waals surface area (Å²) in [6, 6.07) is 4.69. The van der Waals surface area contributed by atoms with Gasteiger partial charge in [-0.2, -0.15) is 5.10 Å². The molecule has 3 rings (SSSR count). The summed E-state index contributed by atoms with van der Waals surface area (Å²) in [6.45, 7) is 3.53. The Balaban J connectivity index is 1.76. The van der Waals surface area contributed by atoms with Crippen LogP contribution in [-0.4, -0.2) is 58.8 Å². The van der Waals surface area contributed by atoms with E-state index >= 15 is 0 Å². The molecule has 9 heteroatoms. The Labute approximate surface area is 146 Å². The van der Waals surface area contributed by atoms with Gasteiger partial charge in [-0.15, -0.1) is 0 Å². The fourth-order valence-corrected chi connectivity index (χ4v) is 3.59. The Morgan fingerprint density at radius 3 is 2.92 bits per heavy atom. The molecule has 1 aliphatic rings. The van der Waals surface area contributed by atoms with Gasteiger partial charge >= 0.3 is 0 Å². The van der Waals surface area contributed by atoms with E-state index in [-0.39, 0.29) is 23.5 Å². The first-order valence-corrected chi connectivity index (χ1v) is 9.99. The van der Waals surface area contributed by atoms with Crippen molar-refractivity contribution in [3.63, 3.8) is 0 Å². The van der Waals surface area contributed by atoms with Gasteiger partial charge in [0, 0.05) is 37.8 Å². The normalized spacial score (nSPS) is 18.6. The molecule has 2 aromatic rings. The summed E-state index contributed by atoms with van der Waals surface area (Å²) in [6.07, 6.45) is 2.79. The van der Waals surface area contributed by atoms with Crippen LogP contribution in [0.3, 0.4) is 0 Å². The maximum absolute atomic E-state index is 13.8. The van der Waals surface area contributed by atoms with Gasteiger partial charge in [-0.05, 0) is 18.2 Å². The van der Waals surface area contributed by atoms with Crippen LogP contribution >= 0.6 is 0 Å². The van der Waals surface area contributed by atoms with E-state index in [1.54, 1.807) is 17.8 Å². The summed E-state index contributed by atoms with van der Waals surface area (Å²) in [4.78, 5) is 5.93. The number of aromatic nitrogens is 3. The van der Waals surface area contributed by atoms with Crippen molar-refractivity contribution in [2.24, 2.45) is 0 Å². The highest BCUT2D eigenvalue weighted by atomic mass is 32.2. The Hall–Kier alpha value is -2.00. The Morgan fingerprint density at radius 2 is 2.16 bits per heavy atom. The maximum atomic E-state index is 13.8. The number of ether oxygens (including phenoxy) is 1. The molecule has 0 bridgehead atoms. The van der Waals surface area contributed by atoms with Crippen LogP contribution in [0.1, 0.15) is 12.6 Å². The van der Waals surface area contributed by atoms with Gasteiger partial charge in [0.05, 0.1) is 18.0 Å². The van der Waals surface area contributed by atoms with Crippen molar-refractivity contribution in [3.8, 4) is 5.88 Å². The molecule has 0 N–H and O–H groups in total. The molecular weight excluding hydrogens is 347 g/mol. The van der Waals surface area contributed by atoms with Crippen LogP contribution in [0, 0.1) is 5.82 Å². The monoisotopic (exact) mass is 368 g/mol. The summed E-state index contributed by atoms with van der Waals surface area (Å²) in [7, 11) is -3.06. The van der Waals surface area contributed by atoms with Crippen molar-refractivity contribution in [1.82, 2.24) is 19.7 Å². The summed E-state index contributed by atoms with van der Waals surface area (Å²) >= 11 is 0. The SMILES string of the molecule is CCS(=O)(=O)CCN1Cc2ccnn2CC(Oc2ncccc2F)C1. The first kappa shape index (κ1) is 17.8. The van der Waals surface area contributed by atoms with Crippen LogP contribution in [0.5, 0.6) is 5.88 Å². The third-order valence-electron chi connectivity index (χ3n) is 4.19. The van der Waals surface area contributed by atoms with Gasteiger partial charge < -0.3 is 4.74 Å². The van der Waals surface area contributed by atoms with Gasteiger partial charge in [0.15, 0.2) is 15.7 Å². The average Bonchev–Trinajstić information content (AvgIpc) is 2.94. The molecule has 0 saturated carbocycles. The van der Waals surface area contributed by atoms with Gasteiger partial charge in [-0.25, -0.2) is 17.8 Å². The number of nitrogens with zero attached hydrogens (tertiary/aromatic N) is 4. The smallest absolute Gasteiger partial charge is 0.250 e. The highest BCUT2D eigenvalue weighted by Crippen LogP contribution is 2.18. The molecule has 1 aliphatic heterocycles. The zero-order valence-corrected chi connectivity index (χ0v) is 14.8. The topological polar surface area (TPSA) is 77.3 Å². The largest absolute Gasteiger partial charge is 0.469 e. The third-order valence-corrected chi connectivity index (χ3v) is 5.87. The van der Waals surface area contributed by atoms with E-state index in [1.165, 1.54) is 18.3 Å². The quantitative estimate of drug-likeness (QED) is 0.760. The molecule has 0 radical (unpaired) electrons. The minimum absolute atomic E-state index is 0.0516. The van der Waals surface area contributed by atoms with E-state index in [0.29, 0.717) is 26.2 Å². The number of hydrogen-bond acceptors (Lipinski definition) is 6. The molecule has 0 saturated heterocycles. The van der Waals surface area contributed by atoms with Gasteiger partial charge in [0.2, 0.25) is 0 Å². The second-order valence-corrected chi connectivity index (χ2v) is 8.48. The van der Waals surface area contributed by atoms with Gasteiger partial charge in [0.1, 0.15) is 6.10 Å². The van der Waals surface area contributed by atoms with Gasteiger partial charge in [-0.1, -0.05) is 6.92 Å². The second-order valence-electron chi connectivity index (χ2n) is 6.01. The standard InChI is InChI=1S/C16H21FN4O3S/c1-2-25(22,23)9-8-20-10-13-5-7-19-21(13)12-14(11-20)24-16-15(17)4-3-6-18-16/h3-7,14H,2,8-12H2,1H3. The zero-order valence-electron chi connectivity index (χ0n) is 14.0. The number of fused-ring (bicyclic) bond motifs is 1. The lowest BCUT2D eigenvalue weighted by Gasteiger charge is -2.24. The van der Waals surface area contributed by atoms with E-state index in [0.717, 1.165) is 5.69 Å². The van der Waals surface area contributed by atoms with Crippen LogP contribution in [-0.2, 0) is 22.9 Å². The van der Waals surface area contributed by atoms with Crippen LogP contribution in [0.2, 0.25) is 0 Å². The molecule has 0 spiro atoms. The minimum atomic E-state index is -3.06. The van der Waals surface area contributed by atoms with Crippen molar-refractivity contribution in [1.29, 1.82) is 0 Å². The van der Waals surface area contributed by atoms with Crippen molar-refractivity contribution in [3.05, 3.63) is 42.1 Å². The highest BCUT2D eigenvalue weighted by molar-refractivity contribution is 7.91. The number of sulfone groups is 1. The molecular formula is C16H21FN4O3S. The van der Waals surface area contributed by atoms with Crippen molar-refractivity contribution in [2.45, 2.75) is 26.1 Å². The van der Waals surface area contributed by atoms with E-state index < -0.39 is 15.7 Å². The zero-order chi connectivity index (χ0) is 17.9. The van der Waals surface area contributed by atoms with E-state index in [9.17, 15) is 12.8 Å². The number of rotatable bonds is 6. The molecule has 0 fully saturated rings. The lowest BCUT2D eigenvalue weighted by atomic mass is 10.3. The molecule has 25 heavy (non-hydrogen) atoms. The predicted molar refractivity (Wildman–Crippen MR) is 90.4 cm³/mol.